The Balaban J connectivity index is 1.89. The molecule has 1 amide bonds. The highest BCUT2D eigenvalue weighted by molar-refractivity contribution is 7.92. The monoisotopic (exact) mass is 394 g/mol. The molecule has 26 heavy (non-hydrogen) atoms. The van der Waals surface area contributed by atoms with Gasteiger partial charge >= 0.3 is 10.2 Å². The van der Waals surface area contributed by atoms with E-state index < -0.39 is 39.9 Å². The molecule has 1 fully saturated rings. The van der Waals surface area contributed by atoms with Gasteiger partial charge in [-0.15, -0.1) is 0 Å². The summed E-state index contributed by atoms with van der Waals surface area (Å²) in [7, 11) is -4.26. The molecule has 1 saturated heterocycles. The number of hydrogen-bond acceptors (Lipinski definition) is 7. The summed E-state index contributed by atoms with van der Waals surface area (Å²) in [5, 5.41) is 10.4. The van der Waals surface area contributed by atoms with Crippen molar-refractivity contribution in [2.24, 2.45) is 0 Å². The van der Waals surface area contributed by atoms with Crippen LogP contribution in [0.2, 0.25) is 0 Å². The first-order valence-corrected chi connectivity index (χ1v) is 9.53. The summed E-state index contributed by atoms with van der Waals surface area (Å²) in [6, 6.07) is 7.46. The summed E-state index contributed by atoms with van der Waals surface area (Å²) in [6.45, 7) is -0.610. The lowest BCUT2D eigenvalue weighted by molar-refractivity contribution is -0.117. The zero-order chi connectivity index (χ0) is 18.6. The summed E-state index contributed by atoms with van der Waals surface area (Å²) in [5.74, 6) is -2.35. The van der Waals surface area contributed by atoms with Crippen molar-refractivity contribution >= 4 is 48.5 Å². The minimum absolute atomic E-state index is 0.0706. The molecule has 0 saturated carbocycles. The van der Waals surface area contributed by atoms with E-state index in [1.54, 1.807) is 22.9 Å². The number of anilines is 2. The van der Waals surface area contributed by atoms with Gasteiger partial charge in [-0.1, -0.05) is 17.4 Å². The largest absolute Gasteiger partial charge is 0.506 e. The van der Waals surface area contributed by atoms with Crippen molar-refractivity contribution in [3.63, 3.8) is 0 Å². The second-order valence-electron chi connectivity index (χ2n) is 5.57. The molecule has 0 spiro atoms. The number of nitrogens with zero attached hydrogens (tertiary/aromatic N) is 2. The van der Waals surface area contributed by atoms with Crippen LogP contribution in [0.3, 0.4) is 0 Å². The van der Waals surface area contributed by atoms with Crippen molar-refractivity contribution in [3.8, 4) is 16.9 Å². The fraction of sp³-hybridized carbons (Fsp3) is 0.0667. The molecule has 0 radical (unpaired) electrons. The Morgan fingerprint density at radius 2 is 2.08 bits per heavy atom. The molecule has 1 aliphatic rings. The standard InChI is InChI=1S/C15H11FN4O4S2/c16-13-8(7-1-3-9-11(5-7)25-15(17)18-9)2-4-10(21)14(13)20-6-12(22)19-26(20,23)24/h1-5,21H,6H2,(H2,17,18)(H,19,22). The molecule has 2 heterocycles. The second-order valence-corrected chi connectivity index (χ2v) is 8.22. The number of fused-ring (bicyclic) bond motifs is 1. The molecule has 11 heteroatoms. The molecular formula is C15H11FN4O4S2. The molecule has 2 aromatic carbocycles. The quantitative estimate of drug-likeness (QED) is 0.606. The zero-order valence-corrected chi connectivity index (χ0v) is 14.6. The van der Waals surface area contributed by atoms with Gasteiger partial charge in [0.05, 0.1) is 10.2 Å². The molecule has 4 N–H and O–H groups in total. The van der Waals surface area contributed by atoms with Gasteiger partial charge in [0.1, 0.15) is 18.0 Å². The van der Waals surface area contributed by atoms with Gasteiger partial charge in [-0.25, -0.2) is 18.4 Å². The van der Waals surface area contributed by atoms with Crippen LogP contribution in [-0.4, -0.2) is 31.0 Å². The van der Waals surface area contributed by atoms with Crippen LogP contribution in [-0.2, 0) is 15.0 Å². The number of aromatic nitrogens is 1. The van der Waals surface area contributed by atoms with Crippen molar-refractivity contribution in [3.05, 3.63) is 36.1 Å². The van der Waals surface area contributed by atoms with Gasteiger partial charge in [-0.3, -0.25) is 4.79 Å². The van der Waals surface area contributed by atoms with E-state index >= 15 is 4.39 Å². The number of thiazole rings is 1. The smallest absolute Gasteiger partial charge is 0.326 e. The summed E-state index contributed by atoms with van der Waals surface area (Å²) < 4.78 is 42.1. The number of carbonyl (C=O) groups is 1. The van der Waals surface area contributed by atoms with Gasteiger partial charge in [-0.2, -0.15) is 8.42 Å². The summed E-state index contributed by atoms with van der Waals surface area (Å²) in [6.07, 6.45) is 0. The third-order valence-electron chi connectivity index (χ3n) is 3.88. The van der Waals surface area contributed by atoms with Crippen molar-refractivity contribution in [1.29, 1.82) is 0 Å². The molecule has 134 valence electrons. The van der Waals surface area contributed by atoms with Crippen LogP contribution in [0, 0.1) is 5.82 Å². The number of halogens is 1. The van der Waals surface area contributed by atoms with Gasteiger partial charge in [-0.05, 0) is 29.8 Å². The van der Waals surface area contributed by atoms with E-state index in [4.69, 9.17) is 5.73 Å². The van der Waals surface area contributed by atoms with Gasteiger partial charge in [0.2, 0.25) is 0 Å². The predicted octanol–water partition coefficient (Wildman–Crippen LogP) is 1.57. The van der Waals surface area contributed by atoms with Crippen LogP contribution in [0.1, 0.15) is 0 Å². The molecule has 0 aliphatic carbocycles. The van der Waals surface area contributed by atoms with Crippen LogP contribution in [0.5, 0.6) is 5.75 Å². The number of aromatic hydroxyl groups is 1. The lowest BCUT2D eigenvalue weighted by Crippen LogP contribution is -2.30. The van der Waals surface area contributed by atoms with Crippen LogP contribution >= 0.6 is 11.3 Å². The number of benzene rings is 2. The number of hydrogen-bond donors (Lipinski definition) is 3. The van der Waals surface area contributed by atoms with Gasteiger partial charge in [0, 0.05) is 5.56 Å². The van der Waals surface area contributed by atoms with Gasteiger partial charge < -0.3 is 10.8 Å². The number of nitrogens with one attached hydrogen (secondary N) is 1. The fourth-order valence-corrected chi connectivity index (χ4v) is 4.71. The third kappa shape index (κ3) is 2.52. The minimum Gasteiger partial charge on any atom is -0.506 e. The van der Waals surface area contributed by atoms with E-state index in [1.165, 1.54) is 23.5 Å². The van der Waals surface area contributed by atoms with Crippen molar-refractivity contribution in [1.82, 2.24) is 9.71 Å². The summed E-state index contributed by atoms with van der Waals surface area (Å²) >= 11 is 1.23. The molecular weight excluding hydrogens is 383 g/mol. The Bertz CT molecular complexity index is 1180. The maximum atomic E-state index is 15.1. The topological polar surface area (TPSA) is 126 Å². The van der Waals surface area contributed by atoms with Crippen molar-refractivity contribution in [2.75, 3.05) is 16.6 Å². The number of rotatable bonds is 2. The molecule has 4 rings (SSSR count). The fourth-order valence-electron chi connectivity index (χ4n) is 2.77. The van der Waals surface area contributed by atoms with E-state index in [0.717, 1.165) is 4.70 Å². The number of nitrogens with two attached hydrogens (primary N) is 1. The molecule has 0 unspecified atom stereocenters. The third-order valence-corrected chi connectivity index (χ3v) is 6.11. The summed E-state index contributed by atoms with van der Waals surface area (Å²) in [5.41, 5.74) is 6.27. The first kappa shape index (κ1) is 16.5. The maximum Gasteiger partial charge on any atom is 0.326 e. The molecule has 3 aromatic rings. The highest BCUT2D eigenvalue weighted by atomic mass is 32.2. The average Bonchev–Trinajstić information content (AvgIpc) is 3.04. The lowest BCUT2D eigenvalue weighted by atomic mass is 10.0. The Morgan fingerprint density at radius 3 is 2.77 bits per heavy atom. The van der Waals surface area contributed by atoms with E-state index in [0.29, 0.717) is 20.5 Å². The van der Waals surface area contributed by atoms with E-state index in [-0.39, 0.29) is 5.56 Å². The van der Waals surface area contributed by atoms with E-state index in [1.807, 2.05) is 0 Å². The highest BCUT2D eigenvalue weighted by Crippen LogP contribution is 2.39. The van der Waals surface area contributed by atoms with Crippen LogP contribution in [0.25, 0.3) is 21.3 Å². The van der Waals surface area contributed by atoms with Crippen LogP contribution in [0.15, 0.2) is 30.3 Å². The second kappa shape index (κ2) is 5.54. The average molecular weight is 394 g/mol. The molecule has 1 aromatic heterocycles. The zero-order valence-electron chi connectivity index (χ0n) is 12.9. The molecule has 1 aliphatic heterocycles. The normalized spacial score (nSPS) is 16.2. The van der Waals surface area contributed by atoms with Crippen molar-refractivity contribution < 1.29 is 22.7 Å². The number of phenolic OH excluding ortho intramolecular Hbond substituents is 1. The first-order chi connectivity index (χ1) is 12.3. The van der Waals surface area contributed by atoms with Gasteiger partial charge in [0.25, 0.3) is 5.91 Å². The number of nitrogen functional groups attached to an aromatic ring is 1. The SMILES string of the molecule is Nc1nc2ccc(-c3ccc(O)c(N4CC(=O)NS4(=O)=O)c3F)cc2s1. The Hall–Kier alpha value is -2.92. The maximum absolute atomic E-state index is 15.1. The number of amides is 1. The molecule has 0 atom stereocenters. The van der Waals surface area contributed by atoms with Crippen LogP contribution < -0.4 is 14.8 Å². The van der Waals surface area contributed by atoms with E-state index in [9.17, 15) is 18.3 Å². The molecule has 0 bridgehead atoms. The lowest BCUT2D eigenvalue weighted by Gasteiger charge is -2.18. The summed E-state index contributed by atoms with van der Waals surface area (Å²) in [4.78, 5) is 15.5. The Kier molecular flexibility index (Phi) is 3.53. The van der Waals surface area contributed by atoms with Crippen LogP contribution in [0.4, 0.5) is 15.2 Å². The number of carbonyl (C=O) groups excluding carboxylic acids is 1. The predicted molar refractivity (Wildman–Crippen MR) is 95.5 cm³/mol. The van der Waals surface area contributed by atoms with Gasteiger partial charge in [0.15, 0.2) is 10.9 Å². The highest BCUT2D eigenvalue weighted by Gasteiger charge is 2.37. The first-order valence-electron chi connectivity index (χ1n) is 7.27. The van der Waals surface area contributed by atoms with E-state index in [2.05, 4.69) is 4.98 Å². The minimum atomic E-state index is -4.26. The number of phenols is 1. The Labute approximate surface area is 150 Å². The van der Waals surface area contributed by atoms with Crippen molar-refractivity contribution in [2.45, 2.75) is 0 Å². The molecule has 8 nitrogen and oxygen atoms in total. The Morgan fingerprint density at radius 1 is 1.31 bits per heavy atom.